The van der Waals surface area contributed by atoms with E-state index < -0.39 is 91.9 Å². The van der Waals surface area contributed by atoms with E-state index in [0.717, 1.165) is 58.8 Å². The highest BCUT2D eigenvalue weighted by Gasteiger charge is 2.53. The Bertz CT molecular complexity index is 1390. The molecule has 2 rings (SSSR count). The summed E-state index contributed by atoms with van der Waals surface area (Å²) in [6.07, 6.45) is -0.763. The summed E-state index contributed by atoms with van der Waals surface area (Å²) in [5.41, 5.74) is 0.955. The zero-order valence-corrected chi connectivity index (χ0v) is 30.0. The third-order valence-electron chi connectivity index (χ3n) is 6.99. The highest BCUT2D eigenvalue weighted by atomic mass is 16.7. The zero-order valence-electron chi connectivity index (χ0n) is 30.0. The molecule has 0 aliphatic carbocycles. The first-order valence-electron chi connectivity index (χ1n) is 16.5. The van der Waals surface area contributed by atoms with Gasteiger partial charge in [-0.2, -0.15) is 0 Å². The van der Waals surface area contributed by atoms with Gasteiger partial charge in [-0.05, 0) is 24.5 Å². The van der Waals surface area contributed by atoms with Gasteiger partial charge in [-0.3, -0.25) is 28.8 Å². The number of unbranched alkanes of at least 4 members (excludes halogenated alkanes) is 1. The number of allylic oxidation sites excluding steroid dienone is 3. The smallest absolute Gasteiger partial charge is 0.303 e. The Morgan fingerprint density at radius 1 is 0.765 bits per heavy atom. The fourth-order valence-electron chi connectivity index (χ4n) is 4.91. The van der Waals surface area contributed by atoms with E-state index in [2.05, 4.69) is 6.92 Å². The molecule has 0 spiro atoms. The topological polar surface area (TPSA) is 185 Å². The average Bonchev–Trinajstić information content (AvgIpc) is 3.04. The number of carbonyl (C=O) groups excluding carboxylic acids is 6. The predicted molar refractivity (Wildman–Crippen MR) is 178 cm³/mol. The van der Waals surface area contributed by atoms with Gasteiger partial charge in [0.05, 0.1) is 6.61 Å². The van der Waals surface area contributed by atoms with E-state index in [1.807, 2.05) is 30.3 Å². The largest absolute Gasteiger partial charge is 0.493 e. The Kier molecular flexibility index (Phi) is 18.4. The molecule has 51 heavy (non-hydrogen) atoms. The molecule has 1 fully saturated rings. The van der Waals surface area contributed by atoms with Crippen LogP contribution in [-0.4, -0.2) is 98.6 Å². The quantitative estimate of drug-likeness (QED) is 0.0875. The summed E-state index contributed by atoms with van der Waals surface area (Å²) in [5.74, 6) is -3.78. The van der Waals surface area contributed by atoms with Crippen molar-refractivity contribution >= 4 is 35.8 Å². The SMILES string of the molecule is CCCCOc1ccccc1CC=C/C=C/[C@H](O[C@@H]1O[C@H](COC(C)=O)[C@H](OC(C)=O)[C@H](OC(C)=O)[C@H]1OC(C)=O)[C@@H](COC(C)=O)OC(C)=O. The number of esters is 6. The van der Waals surface area contributed by atoms with Gasteiger partial charge in [0, 0.05) is 41.5 Å². The molecule has 0 aromatic heterocycles. The Morgan fingerprint density at radius 2 is 1.39 bits per heavy atom. The van der Waals surface area contributed by atoms with Gasteiger partial charge in [0.2, 0.25) is 0 Å². The molecule has 0 radical (unpaired) electrons. The van der Waals surface area contributed by atoms with Crippen LogP contribution in [0.1, 0.15) is 66.9 Å². The van der Waals surface area contributed by atoms with Crippen molar-refractivity contribution in [1.29, 1.82) is 0 Å². The summed E-state index contributed by atoms with van der Waals surface area (Å²) < 4.78 is 50.4. The summed E-state index contributed by atoms with van der Waals surface area (Å²) in [6.45, 7) is 8.49. The van der Waals surface area contributed by atoms with Crippen LogP contribution in [-0.2, 0) is 73.1 Å². The molecular weight excluding hydrogens is 672 g/mol. The molecule has 1 aliphatic rings. The van der Waals surface area contributed by atoms with Gasteiger partial charge in [0.15, 0.2) is 30.7 Å². The molecule has 0 amide bonds. The van der Waals surface area contributed by atoms with E-state index in [9.17, 15) is 28.8 Å². The van der Waals surface area contributed by atoms with Crippen molar-refractivity contribution in [2.24, 2.45) is 0 Å². The molecule has 1 saturated heterocycles. The second-order valence-electron chi connectivity index (χ2n) is 11.4. The maximum Gasteiger partial charge on any atom is 0.303 e. The molecule has 0 N–H and O–H groups in total. The standard InChI is InChI=1S/C36H48O15/c1-8-9-19-43-29-17-14-13-16-28(29)15-11-10-12-18-30(31(46-24(4)39)20-44-22(2)37)50-36-35(49-27(7)42)34(48-26(6)41)33(47-25(5)40)32(51-36)21-45-23(3)38/h10-14,16-18,30-36H,8-9,15,19-21H2,1-7H3/b11-10?,18-12+/t30-,31+,32+,33-,34-,35+,36+/m0/s1. The van der Waals surface area contributed by atoms with Crippen molar-refractivity contribution in [2.75, 3.05) is 19.8 Å². The van der Waals surface area contributed by atoms with Crippen LogP contribution >= 0.6 is 0 Å². The van der Waals surface area contributed by atoms with E-state index in [4.69, 9.17) is 42.6 Å². The summed E-state index contributed by atoms with van der Waals surface area (Å²) in [4.78, 5) is 72.3. The Morgan fingerprint density at radius 3 is 2.00 bits per heavy atom. The highest BCUT2D eigenvalue weighted by Crippen LogP contribution is 2.31. The van der Waals surface area contributed by atoms with Gasteiger partial charge in [-0.25, -0.2) is 0 Å². The number of benzene rings is 1. The van der Waals surface area contributed by atoms with E-state index in [-0.39, 0.29) is 0 Å². The van der Waals surface area contributed by atoms with Crippen LogP contribution < -0.4 is 4.74 Å². The van der Waals surface area contributed by atoms with Crippen LogP contribution in [0.4, 0.5) is 0 Å². The molecular formula is C36H48O15. The summed E-state index contributed by atoms with van der Waals surface area (Å²) in [7, 11) is 0. The Balaban J connectivity index is 2.53. The van der Waals surface area contributed by atoms with E-state index in [1.54, 1.807) is 12.2 Å². The van der Waals surface area contributed by atoms with Crippen LogP contribution in [0.3, 0.4) is 0 Å². The third-order valence-corrected chi connectivity index (χ3v) is 6.99. The minimum atomic E-state index is -1.60. The molecule has 7 atom stereocenters. The van der Waals surface area contributed by atoms with E-state index in [1.165, 1.54) is 13.0 Å². The first kappa shape index (κ1) is 42.4. The van der Waals surface area contributed by atoms with Crippen LogP contribution in [0.5, 0.6) is 5.75 Å². The number of ether oxygens (including phenoxy) is 9. The van der Waals surface area contributed by atoms with Crippen molar-refractivity contribution < 1.29 is 71.4 Å². The number of hydrogen-bond acceptors (Lipinski definition) is 15. The molecule has 0 bridgehead atoms. The molecule has 1 aromatic rings. The summed E-state index contributed by atoms with van der Waals surface area (Å²) in [6, 6.07) is 7.64. The molecule has 0 unspecified atom stereocenters. The first-order chi connectivity index (χ1) is 24.2. The molecule has 282 valence electrons. The van der Waals surface area contributed by atoms with Crippen LogP contribution in [0.25, 0.3) is 0 Å². The lowest BCUT2D eigenvalue weighted by molar-refractivity contribution is -0.318. The van der Waals surface area contributed by atoms with Gasteiger partial charge in [0.1, 0.15) is 31.2 Å². The monoisotopic (exact) mass is 720 g/mol. The fourth-order valence-corrected chi connectivity index (χ4v) is 4.91. The highest BCUT2D eigenvalue weighted by molar-refractivity contribution is 5.69. The second-order valence-corrected chi connectivity index (χ2v) is 11.4. The van der Waals surface area contributed by atoms with Gasteiger partial charge in [-0.1, -0.05) is 55.8 Å². The number of hydrogen-bond donors (Lipinski definition) is 0. The normalized spacial score (nSPS) is 21.3. The molecule has 15 nitrogen and oxygen atoms in total. The Hall–Kier alpha value is -4.76. The summed E-state index contributed by atoms with van der Waals surface area (Å²) >= 11 is 0. The Labute approximate surface area is 297 Å². The van der Waals surface area contributed by atoms with E-state index >= 15 is 0 Å². The van der Waals surface area contributed by atoms with Crippen molar-refractivity contribution in [3.63, 3.8) is 0 Å². The lowest BCUT2D eigenvalue weighted by atomic mass is 9.98. The maximum atomic E-state index is 12.3. The molecule has 0 saturated carbocycles. The van der Waals surface area contributed by atoms with Gasteiger partial charge in [0.25, 0.3) is 0 Å². The first-order valence-corrected chi connectivity index (χ1v) is 16.5. The van der Waals surface area contributed by atoms with Crippen molar-refractivity contribution in [2.45, 2.75) is 111 Å². The lowest BCUT2D eigenvalue weighted by Gasteiger charge is -2.45. The van der Waals surface area contributed by atoms with E-state index in [0.29, 0.717) is 13.0 Å². The number of para-hydroxylation sites is 1. The minimum Gasteiger partial charge on any atom is -0.493 e. The fraction of sp³-hybridized carbons (Fsp3) is 0.556. The zero-order chi connectivity index (χ0) is 37.9. The van der Waals surface area contributed by atoms with Crippen LogP contribution in [0.15, 0.2) is 48.6 Å². The van der Waals surface area contributed by atoms with Crippen LogP contribution in [0, 0.1) is 0 Å². The third kappa shape index (κ3) is 15.8. The maximum absolute atomic E-state index is 12.3. The van der Waals surface area contributed by atoms with Gasteiger partial charge >= 0.3 is 35.8 Å². The molecule has 1 heterocycles. The van der Waals surface area contributed by atoms with Gasteiger partial charge < -0.3 is 42.6 Å². The van der Waals surface area contributed by atoms with Gasteiger partial charge in [-0.15, -0.1) is 0 Å². The van der Waals surface area contributed by atoms with Crippen molar-refractivity contribution in [1.82, 2.24) is 0 Å². The second kappa shape index (κ2) is 22.1. The predicted octanol–water partition coefficient (Wildman–Crippen LogP) is 3.48. The summed E-state index contributed by atoms with van der Waals surface area (Å²) in [5, 5.41) is 0. The van der Waals surface area contributed by atoms with Crippen LogP contribution in [0.2, 0.25) is 0 Å². The van der Waals surface area contributed by atoms with Crippen molar-refractivity contribution in [3.8, 4) is 5.75 Å². The number of rotatable bonds is 19. The van der Waals surface area contributed by atoms with Crippen molar-refractivity contribution in [3.05, 3.63) is 54.1 Å². The average molecular weight is 721 g/mol. The molecule has 15 heteroatoms. The molecule has 1 aromatic carbocycles. The lowest BCUT2D eigenvalue weighted by Crippen LogP contribution is -2.63. The molecule has 1 aliphatic heterocycles. The number of carbonyl (C=O) groups is 6. The minimum absolute atomic E-state index is 0.443.